The van der Waals surface area contributed by atoms with E-state index in [9.17, 15) is 9.59 Å². The number of piperazine rings is 1. The lowest BCUT2D eigenvalue weighted by atomic mass is 9.92. The number of amides is 2. The average Bonchev–Trinajstić information content (AvgIpc) is 3.43. The van der Waals surface area contributed by atoms with Crippen LogP contribution in [0.2, 0.25) is 0 Å². The van der Waals surface area contributed by atoms with Crippen LogP contribution in [0, 0.1) is 0 Å². The normalized spacial score (nSPS) is 18.4. The van der Waals surface area contributed by atoms with Crippen LogP contribution in [0.25, 0.3) is 0 Å². The van der Waals surface area contributed by atoms with E-state index in [4.69, 9.17) is 9.15 Å². The van der Waals surface area contributed by atoms with Gasteiger partial charge >= 0.3 is 0 Å². The first-order chi connectivity index (χ1) is 16.7. The molecule has 1 aromatic heterocycles. The second-order valence-corrected chi connectivity index (χ2v) is 8.73. The number of furan rings is 1. The number of fused-ring (bicyclic) bond motifs is 1. The van der Waals surface area contributed by atoms with Gasteiger partial charge in [0.15, 0.2) is 5.76 Å². The Morgan fingerprint density at radius 3 is 2.35 bits per heavy atom. The Hall–Kier alpha value is -3.58. The molecule has 1 saturated heterocycles. The molecular formula is C27H29N3O4. The molecule has 0 N–H and O–H groups in total. The van der Waals surface area contributed by atoms with E-state index in [1.807, 2.05) is 53.4 Å². The zero-order chi connectivity index (χ0) is 23.3. The molecule has 0 aliphatic carbocycles. The van der Waals surface area contributed by atoms with Crippen LogP contribution < -0.4 is 4.74 Å². The number of para-hydroxylation sites is 1. The van der Waals surface area contributed by atoms with Gasteiger partial charge in [0.2, 0.25) is 5.91 Å². The largest absolute Gasteiger partial charge is 0.492 e. The number of benzene rings is 2. The maximum Gasteiger partial charge on any atom is 0.290 e. The van der Waals surface area contributed by atoms with E-state index >= 15 is 0 Å². The molecule has 3 heterocycles. The molecule has 0 spiro atoms. The molecule has 3 aromatic rings. The maximum absolute atomic E-state index is 13.6. The summed E-state index contributed by atoms with van der Waals surface area (Å²) in [5.74, 6) is 0.903. The lowest BCUT2D eigenvalue weighted by Crippen LogP contribution is -2.57. The van der Waals surface area contributed by atoms with Crippen LogP contribution in [0.3, 0.4) is 0 Å². The number of hydrogen-bond donors (Lipinski definition) is 0. The molecule has 0 bridgehead atoms. The first-order valence-electron chi connectivity index (χ1n) is 11.8. The van der Waals surface area contributed by atoms with Gasteiger partial charge in [-0.15, -0.1) is 0 Å². The molecule has 7 heteroatoms. The Morgan fingerprint density at radius 2 is 1.62 bits per heavy atom. The van der Waals surface area contributed by atoms with Crippen molar-refractivity contribution in [2.75, 3.05) is 39.3 Å². The molecule has 176 valence electrons. The Morgan fingerprint density at radius 1 is 0.882 bits per heavy atom. The van der Waals surface area contributed by atoms with E-state index in [-0.39, 0.29) is 17.6 Å². The number of ether oxygens (including phenoxy) is 1. The van der Waals surface area contributed by atoms with Crippen LogP contribution in [0.4, 0.5) is 0 Å². The molecular weight excluding hydrogens is 430 g/mol. The number of carbonyl (C=O) groups excluding carboxylic acids is 2. The minimum absolute atomic E-state index is 0.00888. The van der Waals surface area contributed by atoms with Gasteiger partial charge in [0.1, 0.15) is 18.4 Å². The molecule has 7 nitrogen and oxygen atoms in total. The Kier molecular flexibility index (Phi) is 6.62. The van der Waals surface area contributed by atoms with Gasteiger partial charge in [-0.25, -0.2) is 0 Å². The smallest absolute Gasteiger partial charge is 0.290 e. The third-order valence-corrected chi connectivity index (χ3v) is 6.63. The molecule has 0 radical (unpaired) electrons. The first-order valence-corrected chi connectivity index (χ1v) is 11.8. The first kappa shape index (κ1) is 22.2. The average molecular weight is 460 g/mol. The predicted octanol–water partition coefficient (Wildman–Crippen LogP) is 3.07. The van der Waals surface area contributed by atoms with Gasteiger partial charge in [0.25, 0.3) is 5.91 Å². The van der Waals surface area contributed by atoms with Gasteiger partial charge < -0.3 is 19.0 Å². The highest BCUT2D eigenvalue weighted by atomic mass is 16.5. The highest BCUT2D eigenvalue weighted by molar-refractivity contribution is 5.96. The minimum Gasteiger partial charge on any atom is -0.492 e. The lowest BCUT2D eigenvalue weighted by Gasteiger charge is -2.41. The minimum atomic E-state index is -0.527. The van der Waals surface area contributed by atoms with Crippen molar-refractivity contribution < 1.29 is 18.7 Å². The number of rotatable bonds is 6. The van der Waals surface area contributed by atoms with E-state index < -0.39 is 6.04 Å². The number of nitrogens with zero attached hydrogens (tertiary/aromatic N) is 3. The summed E-state index contributed by atoms with van der Waals surface area (Å²) in [5.41, 5.74) is 2.20. The van der Waals surface area contributed by atoms with Crippen LogP contribution in [0.1, 0.15) is 21.7 Å². The molecule has 34 heavy (non-hydrogen) atoms. The van der Waals surface area contributed by atoms with Gasteiger partial charge in [0, 0.05) is 45.7 Å². The standard InChI is InChI=1S/C27H29N3O4/c31-26(29-14-12-28(13-15-29)16-18-33-23-9-2-1-3-10-23)24-19-21-7-4-5-8-22(21)20-30(24)27(32)25-11-6-17-34-25/h1-11,17,24H,12-16,18-20H2. The van der Waals surface area contributed by atoms with E-state index in [1.165, 1.54) is 6.26 Å². The number of hydrogen-bond acceptors (Lipinski definition) is 5. The molecule has 1 unspecified atom stereocenters. The number of carbonyl (C=O) groups is 2. The molecule has 1 fully saturated rings. The van der Waals surface area contributed by atoms with E-state index in [1.54, 1.807) is 17.0 Å². The summed E-state index contributed by atoms with van der Waals surface area (Å²) < 4.78 is 11.2. The summed E-state index contributed by atoms with van der Waals surface area (Å²) in [7, 11) is 0. The SMILES string of the molecule is O=C(C1Cc2ccccc2CN1C(=O)c1ccco1)N1CCN(CCOc2ccccc2)CC1. The van der Waals surface area contributed by atoms with Crippen LogP contribution in [0.5, 0.6) is 5.75 Å². The molecule has 2 amide bonds. The van der Waals surface area contributed by atoms with Crippen molar-refractivity contribution in [1.82, 2.24) is 14.7 Å². The van der Waals surface area contributed by atoms with Crippen molar-refractivity contribution in [3.05, 3.63) is 89.9 Å². The second-order valence-electron chi connectivity index (χ2n) is 8.73. The fourth-order valence-corrected chi connectivity index (χ4v) is 4.71. The molecule has 5 rings (SSSR count). The van der Waals surface area contributed by atoms with Crippen molar-refractivity contribution in [3.8, 4) is 5.75 Å². The molecule has 1 atom stereocenters. The fourth-order valence-electron chi connectivity index (χ4n) is 4.71. The third-order valence-electron chi connectivity index (χ3n) is 6.63. The van der Waals surface area contributed by atoms with Crippen molar-refractivity contribution in [2.45, 2.75) is 19.0 Å². The fraction of sp³-hybridized carbons (Fsp3) is 0.333. The van der Waals surface area contributed by atoms with Crippen molar-refractivity contribution in [1.29, 1.82) is 0 Å². The van der Waals surface area contributed by atoms with E-state index in [2.05, 4.69) is 11.0 Å². The van der Waals surface area contributed by atoms with Crippen molar-refractivity contribution in [2.24, 2.45) is 0 Å². The Labute approximate surface area is 199 Å². The predicted molar refractivity (Wildman–Crippen MR) is 127 cm³/mol. The monoisotopic (exact) mass is 459 g/mol. The van der Waals surface area contributed by atoms with Gasteiger partial charge in [-0.3, -0.25) is 14.5 Å². The molecule has 2 aliphatic heterocycles. The zero-order valence-electron chi connectivity index (χ0n) is 19.1. The van der Waals surface area contributed by atoms with E-state index in [0.717, 1.165) is 36.5 Å². The van der Waals surface area contributed by atoms with Crippen LogP contribution in [0.15, 0.2) is 77.4 Å². The van der Waals surface area contributed by atoms with Gasteiger partial charge in [-0.05, 0) is 35.4 Å². The van der Waals surface area contributed by atoms with Crippen molar-refractivity contribution >= 4 is 11.8 Å². The van der Waals surface area contributed by atoms with Gasteiger partial charge in [-0.2, -0.15) is 0 Å². The molecule has 0 saturated carbocycles. The van der Waals surface area contributed by atoms with Gasteiger partial charge in [-0.1, -0.05) is 42.5 Å². The van der Waals surface area contributed by atoms with Crippen LogP contribution in [-0.4, -0.2) is 71.9 Å². The second kappa shape index (κ2) is 10.1. The third kappa shape index (κ3) is 4.84. The quantitative estimate of drug-likeness (QED) is 0.567. The summed E-state index contributed by atoms with van der Waals surface area (Å²) in [6, 6.07) is 20.7. The Balaban J connectivity index is 1.21. The molecule has 2 aliphatic rings. The summed E-state index contributed by atoms with van der Waals surface area (Å²) in [6.07, 6.45) is 2.01. The van der Waals surface area contributed by atoms with E-state index in [0.29, 0.717) is 32.7 Å². The summed E-state index contributed by atoms with van der Waals surface area (Å²) >= 11 is 0. The molecule has 2 aromatic carbocycles. The van der Waals surface area contributed by atoms with Crippen LogP contribution >= 0.6 is 0 Å². The van der Waals surface area contributed by atoms with Crippen molar-refractivity contribution in [3.63, 3.8) is 0 Å². The summed E-state index contributed by atoms with van der Waals surface area (Å²) in [4.78, 5) is 32.7. The zero-order valence-corrected chi connectivity index (χ0v) is 19.1. The highest BCUT2D eigenvalue weighted by Crippen LogP contribution is 2.26. The summed E-state index contributed by atoms with van der Waals surface area (Å²) in [6.45, 7) is 4.71. The van der Waals surface area contributed by atoms with Gasteiger partial charge in [0.05, 0.1) is 6.26 Å². The highest BCUT2D eigenvalue weighted by Gasteiger charge is 2.38. The topological polar surface area (TPSA) is 66.2 Å². The Bertz CT molecular complexity index is 1110. The van der Waals surface area contributed by atoms with Crippen LogP contribution in [-0.2, 0) is 17.8 Å². The maximum atomic E-state index is 13.6. The summed E-state index contributed by atoms with van der Waals surface area (Å²) in [5, 5.41) is 0. The lowest BCUT2D eigenvalue weighted by molar-refractivity contribution is -0.138.